The van der Waals surface area contributed by atoms with E-state index in [0.29, 0.717) is 6.04 Å². The maximum atomic E-state index is 3.46. The van der Waals surface area contributed by atoms with Crippen LogP contribution in [0.1, 0.15) is 24.4 Å². The standard InChI is InChI=1S/C17H22N2S/c1-18-16(13-19-10-2-3-11-19)14-6-8-15(9-7-14)17-5-4-12-20-17/h4-9,12,16,18H,2-3,10-11,13H2,1H3. The third-order valence-electron chi connectivity index (χ3n) is 4.11. The molecular formula is C17H22N2S. The molecular weight excluding hydrogens is 264 g/mol. The number of rotatable bonds is 5. The van der Waals surface area contributed by atoms with Crippen molar-refractivity contribution in [2.75, 3.05) is 26.7 Å². The number of benzene rings is 1. The molecule has 1 aromatic carbocycles. The van der Waals surface area contributed by atoms with Gasteiger partial charge in [0.25, 0.3) is 0 Å². The Morgan fingerprint density at radius 2 is 1.90 bits per heavy atom. The van der Waals surface area contributed by atoms with Gasteiger partial charge in [-0.2, -0.15) is 0 Å². The molecule has 0 spiro atoms. The van der Waals surface area contributed by atoms with Crippen molar-refractivity contribution < 1.29 is 0 Å². The average Bonchev–Trinajstić information content (AvgIpc) is 3.18. The van der Waals surface area contributed by atoms with Gasteiger partial charge in [-0.15, -0.1) is 11.3 Å². The van der Waals surface area contributed by atoms with Gasteiger partial charge in [-0.25, -0.2) is 0 Å². The van der Waals surface area contributed by atoms with Crippen LogP contribution in [0.3, 0.4) is 0 Å². The zero-order valence-electron chi connectivity index (χ0n) is 12.0. The van der Waals surface area contributed by atoms with Crippen molar-refractivity contribution in [1.29, 1.82) is 0 Å². The van der Waals surface area contributed by atoms with E-state index in [4.69, 9.17) is 0 Å². The fourth-order valence-corrected chi connectivity index (χ4v) is 3.64. The molecule has 2 nitrogen and oxygen atoms in total. The predicted molar refractivity (Wildman–Crippen MR) is 87.2 cm³/mol. The third-order valence-corrected chi connectivity index (χ3v) is 5.03. The monoisotopic (exact) mass is 286 g/mol. The van der Waals surface area contributed by atoms with Crippen LogP contribution in [0.15, 0.2) is 41.8 Å². The summed E-state index contributed by atoms with van der Waals surface area (Å²) in [6.45, 7) is 3.63. The van der Waals surface area contributed by atoms with Crippen molar-refractivity contribution in [3.8, 4) is 10.4 Å². The largest absolute Gasteiger partial charge is 0.312 e. The summed E-state index contributed by atoms with van der Waals surface area (Å²) in [5.41, 5.74) is 2.71. The number of hydrogen-bond donors (Lipinski definition) is 1. The lowest BCUT2D eigenvalue weighted by molar-refractivity contribution is 0.299. The Kier molecular flexibility index (Phi) is 4.51. The maximum absolute atomic E-state index is 3.46. The molecule has 1 aliphatic rings. The van der Waals surface area contributed by atoms with Gasteiger partial charge in [-0.05, 0) is 55.6 Å². The van der Waals surface area contributed by atoms with E-state index < -0.39 is 0 Å². The molecule has 20 heavy (non-hydrogen) atoms. The highest BCUT2D eigenvalue weighted by molar-refractivity contribution is 7.13. The van der Waals surface area contributed by atoms with Gasteiger partial charge in [0, 0.05) is 17.5 Å². The molecule has 1 aliphatic heterocycles. The highest BCUT2D eigenvalue weighted by atomic mass is 32.1. The highest BCUT2D eigenvalue weighted by Crippen LogP contribution is 2.26. The van der Waals surface area contributed by atoms with Gasteiger partial charge in [0.15, 0.2) is 0 Å². The summed E-state index contributed by atoms with van der Waals surface area (Å²) < 4.78 is 0. The molecule has 2 aromatic rings. The van der Waals surface area contributed by atoms with Crippen LogP contribution in [0.25, 0.3) is 10.4 Å². The first-order valence-corrected chi connectivity index (χ1v) is 8.28. The molecule has 3 heteroatoms. The van der Waals surface area contributed by atoms with Crippen molar-refractivity contribution in [3.05, 3.63) is 47.3 Å². The Bertz CT molecular complexity index is 512. The molecule has 0 bridgehead atoms. The lowest BCUT2D eigenvalue weighted by Crippen LogP contribution is -2.31. The zero-order valence-corrected chi connectivity index (χ0v) is 12.8. The van der Waals surface area contributed by atoms with Crippen molar-refractivity contribution in [2.45, 2.75) is 18.9 Å². The van der Waals surface area contributed by atoms with Crippen LogP contribution in [0.4, 0.5) is 0 Å². The summed E-state index contributed by atoms with van der Waals surface area (Å²) in [4.78, 5) is 3.91. The Labute approximate surface area is 125 Å². The number of likely N-dealkylation sites (N-methyl/N-ethyl adjacent to an activating group) is 1. The number of hydrogen-bond acceptors (Lipinski definition) is 3. The first kappa shape index (κ1) is 13.8. The fraction of sp³-hybridized carbons (Fsp3) is 0.412. The van der Waals surface area contributed by atoms with Crippen LogP contribution in [0.5, 0.6) is 0 Å². The summed E-state index contributed by atoms with van der Waals surface area (Å²) in [6.07, 6.45) is 2.71. The molecule has 0 radical (unpaired) electrons. The van der Waals surface area contributed by atoms with Gasteiger partial charge in [-0.3, -0.25) is 0 Å². The molecule has 0 saturated carbocycles. The lowest BCUT2D eigenvalue weighted by Gasteiger charge is -2.23. The van der Waals surface area contributed by atoms with Gasteiger partial charge in [-0.1, -0.05) is 30.3 Å². The van der Waals surface area contributed by atoms with Crippen LogP contribution in [-0.2, 0) is 0 Å². The number of nitrogens with one attached hydrogen (secondary N) is 1. The van der Waals surface area contributed by atoms with Gasteiger partial charge in [0.1, 0.15) is 0 Å². The van der Waals surface area contributed by atoms with E-state index in [1.54, 1.807) is 11.3 Å². The van der Waals surface area contributed by atoms with E-state index in [2.05, 4.69) is 59.0 Å². The molecule has 0 amide bonds. The second-order valence-corrected chi connectivity index (χ2v) is 6.40. The molecule has 0 aliphatic carbocycles. The Morgan fingerprint density at radius 3 is 2.50 bits per heavy atom. The quantitative estimate of drug-likeness (QED) is 0.900. The first-order valence-electron chi connectivity index (χ1n) is 7.40. The second-order valence-electron chi connectivity index (χ2n) is 5.45. The van der Waals surface area contributed by atoms with E-state index >= 15 is 0 Å². The van der Waals surface area contributed by atoms with Crippen molar-refractivity contribution in [3.63, 3.8) is 0 Å². The van der Waals surface area contributed by atoms with Crippen LogP contribution in [0.2, 0.25) is 0 Å². The minimum Gasteiger partial charge on any atom is -0.312 e. The van der Waals surface area contributed by atoms with E-state index in [9.17, 15) is 0 Å². The molecule has 106 valence electrons. The second kappa shape index (κ2) is 6.53. The first-order chi connectivity index (χ1) is 9.86. The molecule has 1 atom stereocenters. The predicted octanol–water partition coefficient (Wildman–Crippen LogP) is 3.77. The van der Waals surface area contributed by atoms with Crippen LogP contribution < -0.4 is 5.32 Å². The number of thiophene rings is 1. The lowest BCUT2D eigenvalue weighted by atomic mass is 10.0. The summed E-state index contributed by atoms with van der Waals surface area (Å²) in [6, 6.07) is 13.8. The molecule has 2 heterocycles. The Balaban J connectivity index is 1.71. The van der Waals surface area contributed by atoms with Crippen molar-refractivity contribution in [2.24, 2.45) is 0 Å². The number of likely N-dealkylation sites (tertiary alicyclic amines) is 1. The van der Waals surface area contributed by atoms with Gasteiger partial charge < -0.3 is 10.2 Å². The smallest absolute Gasteiger partial charge is 0.0446 e. The van der Waals surface area contributed by atoms with Gasteiger partial charge in [0.2, 0.25) is 0 Å². The Morgan fingerprint density at radius 1 is 1.15 bits per heavy atom. The van der Waals surface area contributed by atoms with Crippen LogP contribution in [-0.4, -0.2) is 31.6 Å². The average molecular weight is 286 g/mol. The maximum Gasteiger partial charge on any atom is 0.0446 e. The molecule has 1 unspecified atom stereocenters. The van der Waals surface area contributed by atoms with Crippen LogP contribution >= 0.6 is 11.3 Å². The SMILES string of the molecule is CNC(CN1CCCC1)c1ccc(-c2cccs2)cc1. The molecule has 1 saturated heterocycles. The third kappa shape index (κ3) is 3.11. The summed E-state index contributed by atoms with van der Waals surface area (Å²) >= 11 is 1.80. The minimum atomic E-state index is 0.436. The summed E-state index contributed by atoms with van der Waals surface area (Å²) in [5, 5.41) is 5.59. The molecule has 1 fully saturated rings. The molecule has 3 rings (SSSR count). The van der Waals surface area contributed by atoms with Gasteiger partial charge in [0.05, 0.1) is 0 Å². The minimum absolute atomic E-state index is 0.436. The van der Waals surface area contributed by atoms with E-state index in [0.717, 1.165) is 6.54 Å². The fourth-order valence-electron chi connectivity index (χ4n) is 2.91. The van der Waals surface area contributed by atoms with Crippen molar-refractivity contribution >= 4 is 11.3 Å². The van der Waals surface area contributed by atoms with E-state index in [1.807, 2.05) is 0 Å². The van der Waals surface area contributed by atoms with Crippen LogP contribution in [0, 0.1) is 0 Å². The Hall–Kier alpha value is -1.16. The van der Waals surface area contributed by atoms with E-state index in [1.165, 1.54) is 41.9 Å². The van der Waals surface area contributed by atoms with Gasteiger partial charge >= 0.3 is 0 Å². The summed E-state index contributed by atoms with van der Waals surface area (Å²) in [7, 11) is 2.06. The number of nitrogens with zero attached hydrogens (tertiary/aromatic N) is 1. The molecule has 1 aromatic heterocycles. The topological polar surface area (TPSA) is 15.3 Å². The van der Waals surface area contributed by atoms with Crippen molar-refractivity contribution in [1.82, 2.24) is 10.2 Å². The van der Waals surface area contributed by atoms with E-state index in [-0.39, 0.29) is 0 Å². The normalized spacial score (nSPS) is 17.4. The zero-order chi connectivity index (χ0) is 13.8. The highest BCUT2D eigenvalue weighted by Gasteiger charge is 2.17. The summed E-state index contributed by atoms with van der Waals surface area (Å²) in [5.74, 6) is 0. The molecule has 1 N–H and O–H groups in total.